The van der Waals surface area contributed by atoms with Gasteiger partial charge in [0, 0.05) is 11.3 Å². The first-order valence-corrected chi connectivity index (χ1v) is 5.47. The SMILES string of the molecule is NC1(c2cccs2)CCCCC1=O. The molecule has 0 amide bonds. The van der Waals surface area contributed by atoms with Crippen LogP contribution in [0, 0.1) is 0 Å². The second-order valence-electron chi connectivity index (χ2n) is 3.58. The molecule has 1 heterocycles. The first-order chi connectivity index (χ1) is 6.23. The highest BCUT2D eigenvalue weighted by atomic mass is 32.1. The van der Waals surface area contributed by atoms with E-state index in [4.69, 9.17) is 5.73 Å². The van der Waals surface area contributed by atoms with Gasteiger partial charge in [-0.25, -0.2) is 0 Å². The summed E-state index contributed by atoms with van der Waals surface area (Å²) >= 11 is 1.59. The summed E-state index contributed by atoms with van der Waals surface area (Å²) in [4.78, 5) is 12.7. The number of hydrogen-bond donors (Lipinski definition) is 1. The third kappa shape index (κ3) is 1.42. The molecule has 1 aromatic heterocycles. The van der Waals surface area contributed by atoms with Gasteiger partial charge >= 0.3 is 0 Å². The van der Waals surface area contributed by atoms with Crippen LogP contribution in [0.5, 0.6) is 0 Å². The topological polar surface area (TPSA) is 43.1 Å². The quantitative estimate of drug-likeness (QED) is 0.745. The minimum atomic E-state index is -0.660. The van der Waals surface area contributed by atoms with Gasteiger partial charge in [0.05, 0.1) is 0 Å². The lowest BCUT2D eigenvalue weighted by Crippen LogP contribution is -2.46. The van der Waals surface area contributed by atoms with Crippen LogP contribution >= 0.6 is 11.3 Å². The zero-order chi connectivity index (χ0) is 9.31. The van der Waals surface area contributed by atoms with Crippen LogP contribution in [0.3, 0.4) is 0 Å². The Morgan fingerprint density at radius 3 is 2.92 bits per heavy atom. The molecule has 0 aliphatic heterocycles. The average Bonchev–Trinajstić information content (AvgIpc) is 2.63. The van der Waals surface area contributed by atoms with Gasteiger partial charge in [-0.3, -0.25) is 4.79 Å². The van der Waals surface area contributed by atoms with E-state index in [1.54, 1.807) is 11.3 Å². The summed E-state index contributed by atoms with van der Waals surface area (Å²) in [6.07, 6.45) is 3.53. The zero-order valence-electron chi connectivity index (χ0n) is 7.45. The number of Topliss-reactive ketones (excluding diaryl/α,β-unsaturated/α-hetero) is 1. The van der Waals surface area contributed by atoms with Gasteiger partial charge in [0.15, 0.2) is 5.78 Å². The van der Waals surface area contributed by atoms with Crippen molar-refractivity contribution < 1.29 is 4.79 Å². The third-order valence-corrected chi connectivity index (χ3v) is 3.73. The maximum absolute atomic E-state index is 11.7. The van der Waals surface area contributed by atoms with Gasteiger partial charge in [0.2, 0.25) is 0 Å². The van der Waals surface area contributed by atoms with E-state index in [1.165, 1.54) is 0 Å². The third-order valence-electron chi connectivity index (χ3n) is 2.68. The number of carbonyl (C=O) groups is 1. The van der Waals surface area contributed by atoms with E-state index in [1.807, 2.05) is 17.5 Å². The van der Waals surface area contributed by atoms with Crippen molar-refractivity contribution in [3.63, 3.8) is 0 Å². The lowest BCUT2D eigenvalue weighted by Gasteiger charge is -2.30. The Hall–Kier alpha value is -0.670. The van der Waals surface area contributed by atoms with Crippen molar-refractivity contribution in [2.24, 2.45) is 5.73 Å². The van der Waals surface area contributed by atoms with Gasteiger partial charge in [-0.1, -0.05) is 12.5 Å². The fourth-order valence-corrected chi connectivity index (χ4v) is 2.73. The number of thiophene rings is 1. The molecular formula is C10H13NOS. The van der Waals surface area contributed by atoms with Crippen molar-refractivity contribution in [1.82, 2.24) is 0 Å². The highest BCUT2D eigenvalue weighted by Crippen LogP contribution is 2.34. The lowest BCUT2D eigenvalue weighted by atomic mass is 9.80. The summed E-state index contributed by atoms with van der Waals surface area (Å²) in [5, 5.41) is 1.98. The number of carbonyl (C=O) groups excluding carboxylic acids is 1. The van der Waals surface area contributed by atoms with Crippen LogP contribution in [-0.2, 0) is 10.3 Å². The molecule has 2 rings (SSSR count). The van der Waals surface area contributed by atoms with Gasteiger partial charge in [0.1, 0.15) is 5.54 Å². The molecule has 0 saturated heterocycles. The van der Waals surface area contributed by atoms with Crippen LogP contribution in [0.1, 0.15) is 30.6 Å². The van der Waals surface area contributed by atoms with E-state index in [0.29, 0.717) is 6.42 Å². The predicted molar refractivity (Wildman–Crippen MR) is 53.7 cm³/mol. The Kier molecular flexibility index (Phi) is 2.22. The molecule has 3 heteroatoms. The highest BCUT2D eigenvalue weighted by molar-refractivity contribution is 7.10. The van der Waals surface area contributed by atoms with Crippen molar-refractivity contribution >= 4 is 17.1 Å². The highest BCUT2D eigenvalue weighted by Gasteiger charge is 2.38. The Labute approximate surface area is 81.8 Å². The molecule has 1 saturated carbocycles. The van der Waals surface area contributed by atoms with E-state index < -0.39 is 5.54 Å². The van der Waals surface area contributed by atoms with Crippen LogP contribution < -0.4 is 5.73 Å². The summed E-state index contributed by atoms with van der Waals surface area (Å²) in [6.45, 7) is 0. The summed E-state index contributed by atoms with van der Waals surface area (Å²) in [5.74, 6) is 0.209. The molecule has 70 valence electrons. The minimum absolute atomic E-state index is 0.209. The Morgan fingerprint density at radius 1 is 1.46 bits per heavy atom. The molecular weight excluding hydrogens is 182 g/mol. The second-order valence-corrected chi connectivity index (χ2v) is 4.53. The standard InChI is InChI=1S/C10H13NOS/c11-10(9-5-3-7-13-9)6-2-1-4-8(10)12/h3,5,7H,1-2,4,6,11H2. The van der Waals surface area contributed by atoms with E-state index in [-0.39, 0.29) is 5.78 Å². The van der Waals surface area contributed by atoms with Crippen LogP contribution in [0.25, 0.3) is 0 Å². The molecule has 1 aliphatic carbocycles. The van der Waals surface area contributed by atoms with Crippen LogP contribution in [0.2, 0.25) is 0 Å². The van der Waals surface area contributed by atoms with Crippen LogP contribution in [0.4, 0.5) is 0 Å². The molecule has 0 radical (unpaired) electrons. The molecule has 13 heavy (non-hydrogen) atoms. The Bertz CT molecular complexity index is 307. The van der Waals surface area contributed by atoms with Crippen LogP contribution in [-0.4, -0.2) is 5.78 Å². The van der Waals surface area contributed by atoms with Crippen molar-refractivity contribution in [2.75, 3.05) is 0 Å². The van der Waals surface area contributed by atoms with Crippen molar-refractivity contribution in [2.45, 2.75) is 31.2 Å². The molecule has 2 nitrogen and oxygen atoms in total. The van der Waals surface area contributed by atoms with E-state index >= 15 is 0 Å². The second kappa shape index (κ2) is 3.24. The predicted octanol–water partition coefficient (Wildman–Crippen LogP) is 2.05. The average molecular weight is 195 g/mol. The molecule has 2 N–H and O–H groups in total. The maximum Gasteiger partial charge on any atom is 0.158 e. The number of nitrogens with two attached hydrogens (primary N) is 1. The van der Waals surface area contributed by atoms with Crippen LogP contribution in [0.15, 0.2) is 17.5 Å². The largest absolute Gasteiger partial charge is 0.315 e. The monoisotopic (exact) mass is 195 g/mol. The molecule has 1 aromatic rings. The van der Waals surface area contributed by atoms with Crippen molar-refractivity contribution in [3.05, 3.63) is 22.4 Å². The van der Waals surface area contributed by atoms with E-state index in [2.05, 4.69) is 0 Å². The molecule has 0 aromatic carbocycles. The number of ketones is 1. The normalized spacial score (nSPS) is 29.2. The first kappa shape index (κ1) is 8.91. The molecule has 1 fully saturated rings. The number of rotatable bonds is 1. The Morgan fingerprint density at radius 2 is 2.31 bits per heavy atom. The van der Waals surface area contributed by atoms with Gasteiger partial charge in [-0.05, 0) is 24.3 Å². The summed E-state index contributed by atoms with van der Waals surface area (Å²) < 4.78 is 0. The maximum atomic E-state index is 11.7. The smallest absolute Gasteiger partial charge is 0.158 e. The van der Waals surface area contributed by atoms with Gasteiger partial charge in [0.25, 0.3) is 0 Å². The van der Waals surface area contributed by atoms with E-state index in [9.17, 15) is 4.79 Å². The van der Waals surface area contributed by atoms with Crippen molar-refractivity contribution in [3.8, 4) is 0 Å². The fraction of sp³-hybridized carbons (Fsp3) is 0.500. The molecule has 1 atom stereocenters. The zero-order valence-corrected chi connectivity index (χ0v) is 8.27. The Balaban J connectivity index is 2.33. The molecule has 0 bridgehead atoms. The summed E-state index contributed by atoms with van der Waals surface area (Å²) in [6, 6.07) is 3.92. The van der Waals surface area contributed by atoms with Gasteiger partial charge in [-0.2, -0.15) is 0 Å². The molecule has 1 unspecified atom stereocenters. The van der Waals surface area contributed by atoms with Gasteiger partial charge < -0.3 is 5.73 Å². The lowest BCUT2D eigenvalue weighted by molar-refractivity contribution is -0.126. The fourth-order valence-electron chi connectivity index (χ4n) is 1.84. The van der Waals surface area contributed by atoms with E-state index in [0.717, 1.165) is 24.1 Å². The molecule has 1 aliphatic rings. The molecule has 0 spiro atoms. The minimum Gasteiger partial charge on any atom is -0.315 e. The number of hydrogen-bond acceptors (Lipinski definition) is 3. The summed E-state index contributed by atoms with van der Waals surface area (Å²) in [5.41, 5.74) is 5.47. The van der Waals surface area contributed by atoms with Crippen molar-refractivity contribution in [1.29, 1.82) is 0 Å². The van der Waals surface area contributed by atoms with Gasteiger partial charge in [-0.15, -0.1) is 11.3 Å². The first-order valence-electron chi connectivity index (χ1n) is 4.60. The summed E-state index contributed by atoms with van der Waals surface area (Å²) in [7, 11) is 0.